The predicted octanol–water partition coefficient (Wildman–Crippen LogP) is 3.22. The highest BCUT2D eigenvalue weighted by Gasteiger charge is 2.41. The van der Waals surface area contributed by atoms with Crippen molar-refractivity contribution in [2.45, 2.75) is 5.79 Å². The Morgan fingerprint density at radius 2 is 1.24 bits per heavy atom. The fraction of sp³-hybridized carbons (Fsp3) is 0.143. The van der Waals surface area contributed by atoms with Gasteiger partial charge in [-0.1, -0.05) is 30.3 Å². The largest absolute Gasteiger partial charge is 0.358 e. The van der Waals surface area contributed by atoms with Crippen LogP contribution in [0.4, 0.5) is 22.0 Å². The van der Waals surface area contributed by atoms with E-state index in [9.17, 15) is 27.1 Å². The smallest absolute Gasteiger partial charge is 0.225 e. The molecule has 0 aliphatic carbocycles. The fourth-order valence-corrected chi connectivity index (χ4v) is 1.93. The normalized spacial score (nSPS) is 14.0. The molecule has 1 unspecified atom stereocenters. The first-order chi connectivity index (χ1) is 9.84. The lowest BCUT2D eigenvalue weighted by Crippen LogP contribution is -2.33. The fourth-order valence-electron chi connectivity index (χ4n) is 1.93. The lowest BCUT2D eigenvalue weighted by Gasteiger charge is -2.28. The van der Waals surface area contributed by atoms with E-state index in [-0.39, 0.29) is 5.56 Å². The molecule has 7 heteroatoms. The second kappa shape index (κ2) is 5.42. The van der Waals surface area contributed by atoms with E-state index in [2.05, 4.69) is 4.74 Å². The monoisotopic (exact) mass is 304 g/mol. The molecule has 2 aromatic rings. The molecule has 0 aliphatic heterocycles. The van der Waals surface area contributed by atoms with Gasteiger partial charge in [0.05, 0.1) is 5.56 Å². The van der Waals surface area contributed by atoms with Crippen LogP contribution in [0.2, 0.25) is 0 Å². The average molecular weight is 304 g/mol. The van der Waals surface area contributed by atoms with Gasteiger partial charge in [0.15, 0.2) is 23.3 Å². The highest BCUT2D eigenvalue weighted by molar-refractivity contribution is 5.36. The second-order valence-corrected chi connectivity index (χ2v) is 4.16. The molecule has 1 N–H and O–H groups in total. The van der Waals surface area contributed by atoms with Crippen LogP contribution in [0.15, 0.2) is 30.3 Å². The number of ether oxygens (including phenoxy) is 1. The summed E-state index contributed by atoms with van der Waals surface area (Å²) in [7, 11) is 0.880. The Morgan fingerprint density at radius 1 is 0.810 bits per heavy atom. The van der Waals surface area contributed by atoms with E-state index in [4.69, 9.17) is 0 Å². The van der Waals surface area contributed by atoms with Crippen LogP contribution in [0.5, 0.6) is 0 Å². The van der Waals surface area contributed by atoms with E-state index in [0.29, 0.717) is 0 Å². The van der Waals surface area contributed by atoms with Crippen molar-refractivity contribution < 1.29 is 31.8 Å². The molecule has 0 saturated carbocycles. The van der Waals surface area contributed by atoms with Gasteiger partial charge < -0.3 is 9.84 Å². The first kappa shape index (κ1) is 15.4. The van der Waals surface area contributed by atoms with Crippen LogP contribution in [-0.4, -0.2) is 12.2 Å². The Labute approximate surface area is 116 Å². The van der Waals surface area contributed by atoms with Crippen molar-refractivity contribution in [3.8, 4) is 0 Å². The molecule has 2 aromatic carbocycles. The molecule has 0 aliphatic rings. The molecule has 0 radical (unpaired) electrons. The third-order valence-corrected chi connectivity index (χ3v) is 3.01. The summed E-state index contributed by atoms with van der Waals surface area (Å²) in [5, 5.41) is 10.3. The van der Waals surface area contributed by atoms with Crippen LogP contribution in [0.1, 0.15) is 11.1 Å². The summed E-state index contributed by atoms with van der Waals surface area (Å²) in [5.74, 6) is -13.7. The number of methoxy groups -OCH3 is 1. The maximum absolute atomic E-state index is 13.8. The Balaban J connectivity index is 2.81. The first-order valence-corrected chi connectivity index (χ1v) is 5.69. The molecule has 21 heavy (non-hydrogen) atoms. The van der Waals surface area contributed by atoms with Gasteiger partial charge in [0, 0.05) is 12.7 Å². The summed E-state index contributed by atoms with van der Waals surface area (Å²) < 4.78 is 71.8. The Kier molecular flexibility index (Phi) is 3.97. The molecule has 0 heterocycles. The third kappa shape index (κ3) is 2.28. The minimum atomic E-state index is -2.81. The molecule has 112 valence electrons. The molecule has 2 rings (SSSR count). The van der Waals surface area contributed by atoms with Gasteiger partial charge >= 0.3 is 0 Å². The van der Waals surface area contributed by atoms with Crippen molar-refractivity contribution in [2.24, 2.45) is 0 Å². The van der Waals surface area contributed by atoms with Crippen LogP contribution in [0, 0.1) is 29.1 Å². The highest BCUT2D eigenvalue weighted by atomic mass is 19.2. The summed E-state index contributed by atoms with van der Waals surface area (Å²) in [6.45, 7) is 0. The van der Waals surface area contributed by atoms with Crippen LogP contribution in [-0.2, 0) is 10.5 Å². The number of aliphatic hydroxyl groups is 1. The van der Waals surface area contributed by atoms with Gasteiger partial charge in [-0.2, -0.15) is 0 Å². The van der Waals surface area contributed by atoms with Crippen molar-refractivity contribution in [1.29, 1.82) is 0 Å². The molecule has 0 saturated heterocycles. The van der Waals surface area contributed by atoms with E-state index in [0.717, 1.165) is 7.11 Å². The molecule has 0 amide bonds. The molecular formula is C14H9F5O2. The lowest BCUT2D eigenvalue weighted by molar-refractivity contribution is -0.164. The van der Waals surface area contributed by atoms with Crippen LogP contribution in [0.3, 0.4) is 0 Å². The van der Waals surface area contributed by atoms with Crippen molar-refractivity contribution in [1.82, 2.24) is 0 Å². The van der Waals surface area contributed by atoms with Gasteiger partial charge in [-0.05, 0) is 0 Å². The maximum atomic E-state index is 13.8. The van der Waals surface area contributed by atoms with Crippen molar-refractivity contribution in [3.05, 3.63) is 70.5 Å². The van der Waals surface area contributed by atoms with Crippen LogP contribution >= 0.6 is 0 Å². The third-order valence-electron chi connectivity index (χ3n) is 3.01. The number of halogens is 5. The van der Waals surface area contributed by atoms with E-state index >= 15 is 0 Å². The zero-order valence-electron chi connectivity index (χ0n) is 10.6. The summed E-state index contributed by atoms with van der Waals surface area (Å²) in [6.07, 6.45) is 0. The highest BCUT2D eigenvalue weighted by Crippen LogP contribution is 2.36. The zero-order valence-corrected chi connectivity index (χ0v) is 10.6. The Bertz CT molecular complexity index is 646. The van der Waals surface area contributed by atoms with Gasteiger partial charge in [0.1, 0.15) is 0 Å². The minimum Gasteiger partial charge on any atom is -0.358 e. The number of hydrogen-bond donors (Lipinski definition) is 1. The van der Waals surface area contributed by atoms with Gasteiger partial charge in [0.25, 0.3) is 0 Å². The average Bonchev–Trinajstić information content (AvgIpc) is 2.51. The standard InChI is InChI=1S/C14H9F5O2/c1-21-14(20,7-5-3-2-4-6-7)8-9(15)11(17)13(19)12(18)10(8)16/h2-6,20H,1H3. The van der Waals surface area contributed by atoms with Crippen LogP contribution < -0.4 is 0 Å². The second-order valence-electron chi connectivity index (χ2n) is 4.16. The van der Waals surface area contributed by atoms with Crippen LogP contribution in [0.25, 0.3) is 0 Å². The Hall–Kier alpha value is -1.99. The number of hydrogen-bond acceptors (Lipinski definition) is 2. The number of benzene rings is 2. The minimum absolute atomic E-state index is 0.185. The maximum Gasteiger partial charge on any atom is 0.225 e. The quantitative estimate of drug-likeness (QED) is 0.408. The van der Waals surface area contributed by atoms with E-state index in [1.54, 1.807) is 0 Å². The van der Waals surface area contributed by atoms with Crippen molar-refractivity contribution in [2.75, 3.05) is 7.11 Å². The molecule has 0 fully saturated rings. The Morgan fingerprint density at radius 3 is 1.67 bits per heavy atom. The molecule has 0 spiro atoms. The van der Waals surface area contributed by atoms with E-state index in [1.165, 1.54) is 30.3 Å². The number of rotatable bonds is 3. The predicted molar refractivity (Wildman–Crippen MR) is 62.7 cm³/mol. The summed E-state index contributed by atoms with van der Waals surface area (Å²) >= 11 is 0. The molecule has 2 nitrogen and oxygen atoms in total. The molecular weight excluding hydrogens is 295 g/mol. The van der Waals surface area contributed by atoms with Gasteiger partial charge in [-0.25, -0.2) is 22.0 Å². The zero-order chi connectivity index (χ0) is 15.8. The van der Waals surface area contributed by atoms with Gasteiger partial charge in [0.2, 0.25) is 11.6 Å². The van der Waals surface area contributed by atoms with E-state index in [1.807, 2.05) is 0 Å². The molecule has 1 atom stereocenters. The van der Waals surface area contributed by atoms with Gasteiger partial charge in [-0.3, -0.25) is 0 Å². The molecule has 0 aromatic heterocycles. The SMILES string of the molecule is COC(O)(c1ccccc1)c1c(F)c(F)c(F)c(F)c1F. The van der Waals surface area contributed by atoms with Crippen molar-refractivity contribution in [3.63, 3.8) is 0 Å². The topological polar surface area (TPSA) is 29.5 Å². The lowest BCUT2D eigenvalue weighted by atomic mass is 9.95. The first-order valence-electron chi connectivity index (χ1n) is 5.69. The summed E-state index contributed by atoms with van der Waals surface area (Å²) in [5.41, 5.74) is -1.65. The summed E-state index contributed by atoms with van der Waals surface area (Å²) in [6, 6.07) is 6.80. The van der Waals surface area contributed by atoms with E-state index < -0.39 is 40.4 Å². The van der Waals surface area contributed by atoms with Crippen molar-refractivity contribution >= 4 is 0 Å². The molecule has 0 bridgehead atoms. The summed E-state index contributed by atoms with van der Waals surface area (Å²) in [4.78, 5) is 0. The van der Waals surface area contributed by atoms with Gasteiger partial charge in [-0.15, -0.1) is 0 Å².